The van der Waals surface area contributed by atoms with E-state index in [1.165, 1.54) is 0 Å². The predicted molar refractivity (Wildman–Crippen MR) is 92.4 cm³/mol. The van der Waals surface area contributed by atoms with Gasteiger partial charge in [0.1, 0.15) is 0 Å². The molecule has 0 saturated carbocycles. The molecule has 0 radical (unpaired) electrons. The monoisotopic (exact) mass is 348 g/mol. The number of hydrogen-bond acceptors (Lipinski definition) is 3. The van der Waals surface area contributed by atoms with Crippen molar-refractivity contribution in [2.75, 3.05) is 5.32 Å². The fourth-order valence-corrected chi connectivity index (χ4v) is 3.10. The molecule has 0 aliphatic carbocycles. The first-order valence-corrected chi connectivity index (χ1v) is 7.69. The number of hydrogen-bond donors (Lipinski definition) is 1. The summed E-state index contributed by atoms with van der Waals surface area (Å²) in [5, 5.41) is 8.82. The van der Waals surface area contributed by atoms with Crippen LogP contribution in [0.15, 0.2) is 24.3 Å². The molecule has 0 saturated heterocycles. The first kappa shape index (κ1) is 15.8. The van der Waals surface area contributed by atoms with Gasteiger partial charge in [0.2, 0.25) is 0 Å². The molecule has 2 aromatic heterocycles. The molecule has 23 heavy (non-hydrogen) atoms. The highest BCUT2D eigenvalue weighted by molar-refractivity contribution is 6.35. The summed E-state index contributed by atoms with van der Waals surface area (Å²) in [4.78, 5) is 17.2. The van der Waals surface area contributed by atoms with E-state index >= 15 is 0 Å². The Morgan fingerprint density at radius 1 is 1.13 bits per heavy atom. The Morgan fingerprint density at radius 3 is 2.43 bits per heavy atom. The first-order valence-electron chi connectivity index (χ1n) is 6.93. The second-order valence-electron chi connectivity index (χ2n) is 5.33. The molecule has 0 unspecified atom stereocenters. The van der Waals surface area contributed by atoms with E-state index in [-0.39, 0.29) is 5.91 Å². The molecular formula is C16H14Cl2N4O. The molecule has 118 valence electrons. The van der Waals surface area contributed by atoms with Crippen LogP contribution in [0.1, 0.15) is 21.7 Å². The molecule has 2 heterocycles. The van der Waals surface area contributed by atoms with Crippen molar-refractivity contribution in [3.05, 3.63) is 51.3 Å². The molecule has 3 aromatic rings. The Balaban J connectivity index is 2.07. The van der Waals surface area contributed by atoms with Gasteiger partial charge in [-0.15, -0.1) is 0 Å². The third kappa shape index (κ3) is 3.02. The van der Waals surface area contributed by atoms with Crippen LogP contribution < -0.4 is 5.32 Å². The minimum Gasteiger partial charge on any atom is -0.322 e. The molecule has 1 aromatic carbocycles. The fraction of sp³-hybridized carbons (Fsp3) is 0.188. The molecular weight excluding hydrogens is 335 g/mol. The number of amides is 1. The molecule has 0 aliphatic heterocycles. The highest BCUT2D eigenvalue weighted by atomic mass is 35.5. The number of rotatable bonds is 2. The summed E-state index contributed by atoms with van der Waals surface area (Å²) >= 11 is 11.9. The highest BCUT2D eigenvalue weighted by Crippen LogP contribution is 2.25. The number of aromatic nitrogens is 3. The van der Waals surface area contributed by atoms with Crippen LogP contribution in [0.2, 0.25) is 10.0 Å². The van der Waals surface area contributed by atoms with Gasteiger partial charge in [-0.2, -0.15) is 5.10 Å². The summed E-state index contributed by atoms with van der Waals surface area (Å²) in [5.74, 6) is -0.255. The zero-order valence-electron chi connectivity index (χ0n) is 12.8. The third-order valence-corrected chi connectivity index (χ3v) is 3.90. The Labute approximate surface area is 143 Å². The zero-order chi connectivity index (χ0) is 16.7. The summed E-state index contributed by atoms with van der Waals surface area (Å²) < 4.78 is 1.67. The van der Waals surface area contributed by atoms with E-state index in [0.29, 0.717) is 26.9 Å². The predicted octanol–water partition coefficient (Wildman–Crippen LogP) is 4.14. The van der Waals surface area contributed by atoms with Crippen molar-refractivity contribution in [1.29, 1.82) is 0 Å². The largest absolute Gasteiger partial charge is 0.322 e. The quantitative estimate of drug-likeness (QED) is 0.756. The minimum absolute atomic E-state index is 0.255. The first-order chi connectivity index (χ1) is 10.8. The number of benzene rings is 1. The van der Waals surface area contributed by atoms with Gasteiger partial charge in [0.25, 0.3) is 5.91 Å². The number of aryl methyl sites for hydroxylation is 3. The molecule has 3 rings (SSSR count). The van der Waals surface area contributed by atoms with Gasteiger partial charge in [0, 0.05) is 28.5 Å². The summed E-state index contributed by atoms with van der Waals surface area (Å²) in [5.41, 5.74) is 3.24. The van der Waals surface area contributed by atoms with Gasteiger partial charge in [-0.25, -0.2) is 4.98 Å². The lowest BCUT2D eigenvalue weighted by molar-refractivity contribution is 0.102. The highest BCUT2D eigenvalue weighted by Gasteiger charge is 2.18. The van der Waals surface area contributed by atoms with E-state index in [1.54, 1.807) is 36.0 Å². The van der Waals surface area contributed by atoms with Crippen molar-refractivity contribution in [2.45, 2.75) is 13.8 Å². The van der Waals surface area contributed by atoms with E-state index in [9.17, 15) is 4.79 Å². The minimum atomic E-state index is -0.255. The maximum absolute atomic E-state index is 12.7. The molecule has 0 aliphatic rings. The summed E-state index contributed by atoms with van der Waals surface area (Å²) in [6, 6.07) is 6.65. The van der Waals surface area contributed by atoms with Crippen molar-refractivity contribution in [2.24, 2.45) is 7.05 Å². The van der Waals surface area contributed by atoms with Crippen LogP contribution in [0.25, 0.3) is 11.0 Å². The standard InChI is InChI=1S/C16H14Cl2N4O/c1-8-4-13(14-9(2)21-22(3)15(14)19-8)16(23)20-12-6-10(17)5-11(18)7-12/h4-7H,1-3H3,(H,20,23). The third-order valence-electron chi connectivity index (χ3n) is 3.46. The van der Waals surface area contributed by atoms with Crippen LogP contribution in [0.3, 0.4) is 0 Å². The normalized spacial score (nSPS) is 11.0. The molecule has 1 amide bonds. The number of fused-ring (bicyclic) bond motifs is 1. The molecule has 1 N–H and O–H groups in total. The molecule has 0 atom stereocenters. The van der Waals surface area contributed by atoms with Gasteiger partial charge in [0.05, 0.1) is 16.6 Å². The average molecular weight is 349 g/mol. The number of carbonyl (C=O) groups excluding carboxylic acids is 1. The van der Waals surface area contributed by atoms with Gasteiger partial charge in [-0.05, 0) is 38.1 Å². The van der Waals surface area contributed by atoms with Crippen molar-refractivity contribution >= 4 is 45.8 Å². The van der Waals surface area contributed by atoms with Crippen molar-refractivity contribution in [3.8, 4) is 0 Å². The Morgan fingerprint density at radius 2 is 1.78 bits per heavy atom. The number of nitrogens with zero attached hydrogens (tertiary/aromatic N) is 3. The topological polar surface area (TPSA) is 59.8 Å². The lowest BCUT2D eigenvalue weighted by Gasteiger charge is -2.08. The summed E-state index contributed by atoms with van der Waals surface area (Å²) in [7, 11) is 1.81. The Kier molecular flexibility index (Phi) is 4.00. The van der Waals surface area contributed by atoms with Crippen LogP contribution in [0.5, 0.6) is 0 Å². The van der Waals surface area contributed by atoms with E-state index in [4.69, 9.17) is 23.2 Å². The van der Waals surface area contributed by atoms with Crippen LogP contribution in [-0.4, -0.2) is 20.7 Å². The summed E-state index contributed by atoms with van der Waals surface area (Å²) in [6.07, 6.45) is 0. The van der Waals surface area contributed by atoms with E-state index in [2.05, 4.69) is 15.4 Å². The molecule has 0 bridgehead atoms. The van der Waals surface area contributed by atoms with Crippen molar-refractivity contribution < 1.29 is 4.79 Å². The van der Waals surface area contributed by atoms with Crippen molar-refractivity contribution in [3.63, 3.8) is 0 Å². The van der Waals surface area contributed by atoms with Gasteiger partial charge in [0.15, 0.2) is 5.65 Å². The number of anilines is 1. The lowest BCUT2D eigenvalue weighted by atomic mass is 10.1. The van der Waals surface area contributed by atoms with Gasteiger partial charge in [-0.1, -0.05) is 23.2 Å². The van der Waals surface area contributed by atoms with E-state index in [1.807, 2.05) is 13.8 Å². The maximum Gasteiger partial charge on any atom is 0.256 e. The van der Waals surface area contributed by atoms with Crippen LogP contribution in [0.4, 0.5) is 5.69 Å². The SMILES string of the molecule is Cc1cc(C(=O)Nc2cc(Cl)cc(Cl)c2)c2c(C)nn(C)c2n1. The molecule has 5 nitrogen and oxygen atoms in total. The number of pyridine rings is 1. The zero-order valence-corrected chi connectivity index (χ0v) is 14.3. The van der Waals surface area contributed by atoms with Gasteiger partial charge in [-0.3, -0.25) is 9.48 Å². The smallest absolute Gasteiger partial charge is 0.256 e. The second kappa shape index (κ2) is 5.83. The van der Waals surface area contributed by atoms with Crippen LogP contribution >= 0.6 is 23.2 Å². The van der Waals surface area contributed by atoms with Crippen molar-refractivity contribution in [1.82, 2.24) is 14.8 Å². The Bertz CT molecular complexity index is 913. The van der Waals surface area contributed by atoms with Gasteiger partial charge < -0.3 is 5.32 Å². The maximum atomic E-state index is 12.7. The Hall–Kier alpha value is -2.11. The molecule has 0 spiro atoms. The lowest BCUT2D eigenvalue weighted by Crippen LogP contribution is -2.13. The van der Waals surface area contributed by atoms with E-state index in [0.717, 1.165) is 16.8 Å². The average Bonchev–Trinajstić information content (AvgIpc) is 2.71. The van der Waals surface area contributed by atoms with Crippen LogP contribution in [0, 0.1) is 13.8 Å². The molecule has 0 fully saturated rings. The van der Waals surface area contributed by atoms with Gasteiger partial charge >= 0.3 is 0 Å². The number of nitrogens with one attached hydrogen (secondary N) is 1. The second-order valence-corrected chi connectivity index (χ2v) is 6.20. The fourth-order valence-electron chi connectivity index (χ4n) is 2.57. The number of halogens is 2. The summed E-state index contributed by atoms with van der Waals surface area (Å²) in [6.45, 7) is 3.70. The number of carbonyl (C=O) groups is 1. The van der Waals surface area contributed by atoms with E-state index < -0.39 is 0 Å². The van der Waals surface area contributed by atoms with Crippen LogP contribution in [-0.2, 0) is 7.05 Å². The molecule has 7 heteroatoms.